The second-order valence-electron chi connectivity index (χ2n) is 9.55. The molecule has 0 bridgehead atoms. The number of hydrogen-bond donors (Lipinski definition) is 3. The molecule has 0 saturated carbocycles. The first-order chi connectivity index (χ1) is 19.4. The maximum Gasteiger partial charge on any atom is 0.322 e. The van der Waals surface area contributed by atoms with E-state index in [0.29, 0.717) is 36.6 Å². The summed E-state index contributed by atoms with van der Waals surface area (Å²) in [6, 6.07) is 25.8. The average molecular weight is 547 g/mol. The molecular formula is C31H38N4O5. The number of rotatable bonds is 14. The predicted molar refractivity (Wildman–Crippen MR) is 154 cm³/mol. The van der Waals surface area contributed by atoms with E-state index in [1.807, 2.05) is 62.4 Å². The lowest BCUT2D eigenvalue weighted by atomic mass is 10.1. The van der Waals surface area contributed by atoms with Gasteiger partial charge in [0.2, 0.25) is 5.91 Å². The normalized spacial score (nSPS) is 11.3. The number of carbonyl (C=O) groups excluding carboxylic acids is 3. The summed E-state index contributed by atoms with van der Waals surface area (Å²) in [6.07, 6.45) is 3.02. The molecule has 9 nitrogen and oxygen atoms in total. The molecule has 1 atom stereocenters. The summed E-state index contributed by atoms with van der Waals surface area (Å²) in [5.41, 5.74) is 3.35. The summed E-state index contributed by atoms with van der Waals surface area (Å²) in [5, 5.41) is 11.8. The van der Waals surface area contributed by atoms with Crippen LogP contribution in [0, 0.1) is 0 Å². The van der Waals surface area contributed by atoms with Gasteiger partial charge in [-0.1, -0.05) is 55.5 Å². The SMILES string of the molecule is CCC(C)N(CC(=O)NO)C(=O)CN(CCCCc1ccccc1)C(=O)Nc1ccc(Oc2ccccc2)cc1. The van der Waals surface area contributed by atoms with Crippen LogP contribution in [0.4, 0.5) is 10.5 Å². The number of amides is 4. The van der Waals surface area contributed by atoms with E-state index in [4.69, 9.17) is 9.94 Å². The molecule has 0 aliphatic rings. The first kappa shape index (κ1) is 30.2. The molecule has 0 fully saturated rings. The van der Waals surface area contributed by atoms with Crippen LogP contribution < -0.4 is 15.5 Å². The monoisotopic (exact) mass is 546 g/mol. The highest BCUT2D eigenvalue weighted by molar-refractivity contribution is 5.93. The van der Waals surface area contributed by atoms with Gasteiger partial charge >= 0.3 is 6.03 Å². The van der Waals surface area contributed by atoms with Gasteiger partial charge in [-0.05, 0) is 74.6 Å². The number of nitrogens with one attached hydrogen (secondary N) is 2. The Kier molecular flexibility index (Phi) is 12.0. The van der Waals surface area contributed by atoms with Crippen molar-refractivity contribution in [1.29, 1.82) is 0 Å². The van der Waals surface area contributed by atoms with Crippen molar-refractivity contribution in [3.63, 3.8) is 0 Å². The molecule has 0 aliphatic carbocycles. The summed E-state index contributed by atoms with van der Waals surface area (Å²) < 4.78 is 5.82. The number of urea groups is 1. The lowest BCUT2D eigenvalue weighted by Crippen LogP contribution is -2.50. The molecule has 0 saturated heterocycles. The fourth-order valence-electron chi connectivity index (χ4n) is 4.12. The Morgan fingerprint density at radius 1 is 0.850 bits per heavy atom. The van der Waals surface area contributed by atoms with Crippen LogP contribution in [0.3, 0.4) is 0 Å². The van der Waals surface area contributed by atoms with E-state index in [1.165, 1.54) is 15.4 Å². The second kappa shape index (κ2) is 15.9. The van der Waals surface area contributed by atoms with E-state index in [1.54, 1.807) is 29.7 Å². The van der Waals surface area contributed by atoms with Crippen molar-refractivity contribution in [2.45, 2.75) is 45.6 Å². The molecule has 40 heavy (non-hydrogen) atoms. The van der Waals surface area contributed by atoms with Crippen LogP contribution in [0.5, 0.6) is 11.5 Å². The highest BCUT2D eigenvalue weighted by atomic mass is 16.5. The fourth-order valence-corrected chi connectivity index (χ4v) is 4.12. The first-order valence-electron chi connectivity index (χ1n) is 13.5. The van der Waals surface area contributed by atoms with Crippen molar-refractivity contribution in [2.24, 2.45) is 0 Å². The molecule has 3 N–H and O–H groups in total. The maximum atomic E-state index is 13.3. The van der Waals surface area contributed by atoms with Crippen LogP contribution in [0.1, 0.15) is 38.7 Å². The van der Waals surface area contributed by atoms with Gasteiger partial charge in [-0.3, -0.25) is 14.8 Å². The zero-order chi connectivity index (χ0) is 28.7. The van der Waals surface area contributed by atoms with Crippen LogP contribution in [0.25, 0.3) is 0 Å². The Morgan fingerprint density at radius 3 is 2.10 bits per heavy atom. The van der Waals surface area contributed by atoms with Gasteiger partial charge in [-0.15, -0.1) is 0 Å². The van der Waals surface area contributed by atoms with Crippen LogP contribution in [-0.4, -0.2) is 58.5 Å². The molecule has 0 aliphatic heterocycles. The van der Waals surface area contributed by atoms with Crippen molar-refractivity contribution in [2.75, 3.05) is 25.0 Å². The Morgan fingerprint density at radius 2 is 1.48 bits per heavy atom. The van der Waals surface area contributed by atoms with E-state index >= 15 is 0 Å². The summed E-state index contributed by atoms with van der Waals surface area (Å²) in [6.45, 7) is 3.60. The van der Waals surface area contributed by atoms with Gasteiger partial charge in [-0.25, -0.2) is 10.3 Å². The van der Waals surface area contributed by atoms with Gasteiger partial charge in [0, 0.05) is 18.3 Å². The third-order valence-corrected chi connectivity index (χ3v) is 6.57. The van der Waals surface area contributed by atoms with E-state index in [2.05, 4.69) is 17.4 Å². The number of anilines is 1. The molecule has 4 amide bonds. The number of aryl methyl sites for hydroxylation is 1. The Bertz CT molecular complexity index is 1210. The molecule has 3 aromatic carbocycles. The van der Waals surface area contributed by atoms with Gasteiger partial charge in [0.25, 0.3) is 5.91 Å². The smallest absolute Gasteiger partial charge is 0.322 e. The molecule has 0 heterocycles. The van der Waals surface area contributed by atoms with Gasteiger partial charge in [0.05, 0.1) is 0 Å². The topological polar surface area (TPSA) is 111 Å². The summed E-state index contributed by atoms with van der Waals surface area (Å²) in [4.78, 5) is 41.3. The van der Waals surface area contributed by atoms with Gasteiger partial charge in [0.15, 0.2) is 0 Å². The molecular weight excluding hydrogens is 508 g/mol. The zero-order valence-corrected chi connectivity index (χ0v) is 23.1. The van der Waals surface area contributed by atoms with Gasteiger partial charge in [0.1, 0.15) is 24.6 Å². The minimum atomic E-state index is -0.690. The van der Waals surface area contributed by atoms with Crippen molar-refractivity contribution in [3.8, 4) is 11.5 Å². The van der Waals surface area contributed by atoms with E-state index in [9.17, 15) is 14.4 Å². The highest BCUT2D eigenvalue weighted by Gasteiger charge is 2.25. The molecule has 9 heteroatoms. The molecule has 0 spiro atoms. The number of nitrogens with zero attached hydrogens (tertiary/aromatic N) is 2. The van der Waals surface area contributed by atoms with E-state index in [0.717, 1.165) is 12.8 Å². The average Bonchev–Trinajstić information content (AvgIpc) is 2.98. The Labute approximate surface area is 235 Å². The van der Waals surface area contributed by atoms with Crippen LogP contribution in [-0.2, 0) is 16.0 Å². The van der Waals surface area contributed by atoms with Crippen molar-refractivity contribution in [3.05, 3.63) is 90.5 Å². The quantitative estimate of drug-likeness (QED) is 0.141. The zero-order valence-electron chi connectivity index (χ0n) is 23.1. The lowest BCUT2D eigenvalue weighted by molar-refractivity contribution is -0.141. The standard InChI is InChI=1S/C31H38N4O5/c1-3-24(2)35(22-29(36)33-39)30(37)23-34(21-11-10-14-25-12-6-4-7-13-25)31(38)32-26-17-19-28(20-18-26)40-27-15-8-5-9-16-27/h4-9,12-13,15-20,24,39H,3,10-11,14,21-23H2,1-2H3,(H,32,38)(H,33,36). The third kappa shape index (κ3) is 9.74. The Hall–Kier alpha value is -4.37. The maximum absolute atomic E-state index is 13.3. The van der Waals surface area contributed by atoms with Gasteiger partial charge in [-0.2, -0.15) is 0 Å². The number of hydroxylamine groups is 1. The van der Waals surface area contributed by atoms with Crippen molar-refractivity contribution < 1.29 is 24.3 Å². The number of para-hydroxylation sites is 1. The molecule has 3 rings (SSSR count). The second-order valence-corrected chi connectivity index (χ2v) is 9.55. The number of hydrogen-bond acceptors (Lipinski definition) is 5. The lowest BCUT2D eigenvalue weighted by Gasteiger charge is -2.31. The minimum absolute atomic E-state index is 0.199. The van der Waals surface area contributed by atoms with Crippen LogP contribution in [0.2, 0.25) is 0 Å². The van der Waals surface area contributed by atoms with Crippen molar-refractivity contribution >= 4 is 23.5 Å². The van der Waals surface area contributed by atoms with E-state index < -0.39 is 11.9 Å². The number of unbranched alkanes of at least 4 members (excludes halogenated alkanes) is 1. The molecule has 1 unspecified atom stereocenters. The largest absolute Gasteiger partial charge is 0.457 e. The molecule has 0 radical (unpaired) electrons. The highest BCUT2D eigenvalue weighted by Crippen LogP contribution is 2.23. The first-order valence-corrected chi connectivity index (χ1v) is 13.5. The Balaban J connectivity index is 1.67. The van der Waals surface area contributed by atoms with Gasteiger partial charge < -0.3 is 19.9 Å². The molecule has 212 valence electrons. The number of benzene rings is 3. The minimum Gasteiger partial charge on any atom is -0.457 e. The summed E-state index contributed by atoms with van der Waals surface area (Å²) in [7, 11) is 0. The molecule has 0 aromatic heterocycles. The van der Waals surface area contributed by atoms with E-state index in [-0.39, 0.29) is 25.0 Å². The van der Waals surface area contributed by atoms with Crippen molar-refractivity contribution in [1.82, 2.24) is 15.3 Å². The van der Waals surface area contributed by atoms with Crippen LogP contribution in [0.15, 0.2) is 84.9 Å². The number of ether oxygens (including phenoxy) is 1. The predicted octanol–water partition coefficient (Wildman–Crippen LogP) is 5.47. The fraction of sp³-hybridized carbons (Fsp3) is 0.323. The summed E-state index contributed by atoms with van der Waals surface area (Å²) >= 11 is 0. The summed E-state index contributed by atoms with van der Waals surface area (Å²) in [5.74, 6) is 0.275. The van der Waals surface area contributed by atoms with Crippen LogP contribution >= 0.6 is 0 Å². The molecule has 3 aromatic rings. The third-order valence-electron chi connectivity index (χ3n) is 6.57. The number of carbonyl (C=O) groups is 3.